The Morgan fingerprint density at radius 2 is 1.83 bits per heavy atom. The van der Waals surface area contributed by atoms with Crippen molar-refractivity contribution in [3.05, 3.63) is 76.7 Å². The lowest BCUT2D eigenvalue weighted by Gasteiger charge is -2.14. The normalized spacial score (nSPS) is 15.2. The first-order valence-corrected chi connectivity index (χ1v) is 12.6. The first-order valence-electron chi connectivity index (χ1n) is 10.4. The highest BCUT2D eigenvalue weighted by atomic mass is 32.2. The first-order chi connectivity index (χ1) is 16.9. The van der Waals surface area contributed by atoms with E-state index in [1.165, 1.54) is 4.90 Å². The zero-order chi connectivity index (χ0) is 24.8. The molecule has 2 aromatic carbocycles. The molecule has 1 aromatic heterocycles. The Bertz CT molecular complexity index is 1320. The van der Waals surface area contributed by atoms with E-state index >= 15 is 0 Å². The highest BCUT2D eigenvalue weighted by Gasteiger charge is 2.33. The van der Waals surface area contributed by atoms with Crippen LogP contribution in [0, 0.1) is 0 Å². The predicted molar refractivity (Wildman–Crippen MR) is 141 cm³/mol. The molecule has 8 nitrogen and oxygen atoms in total. The smallest absolute Gasteiger partial charge is 0.266 e. The molecule has 0 atom stereocenters. The van der Waals surface area contributed by atoms with Crippen LogP contribution in [0.5, 0.6) is 0 Å². The zero-order valence-corrected chi connectivity index (χ0v) is 21.0. The topological polar surface area (TPSA) is 105 Å². The summed E-state index contributed by atoms with van der Waals surface area (Å²) in [6.45, 7) is 1.59. The van der Waals surface area contributed by atoms with Crippen LogP contribution in [0.4, 0.5) is 0 Å². The van der Waals surface area contributed by atoms with Crippen LogP contribution in [-0.4, -0.2) is 44.2 Å². The Morgan fingerprint density at radius 1 is 1.11 bits per heavy atom. The standard InChI is InChI=1S/C24H20N4O4S3/c1-15(11-16-7-3-2-4-8-16)12-19-22(31)28(24(33)35-19)13-20(29)26-27-21(30)14-34-23-25-17-9-5-6-10-18(17)32-23/h2-12H,13-14H2,1H3,(H,26,29)(H,27,30). The minimum Gasteiger partial charge on any atom is -0.431 e. The Kier molecular flexibility index (Phi) is 8.01. The van der Waals surface area contributed by atoms with Crippen molar-refractivity contribution < 1.29 is 18.8 Å². The molecule has 0 saturated carbocycles. The van der Waals surface area contributed by atoms with E-state index in [0.717, 1.165) is 34.7 Å². The number of carbonyl (C=O) groups is 3. The van der Waals surface area contributed by atoms with Gasteiger partial charge in [-0.15, -0.1) is 0 Å². The lowest BCUT2D eigenvalue weighted by Crippen LogP contribution is -2.47. The zero-order valence-electron chi connectivity index (χ0n) is 18.5. The summed E-state index contributed by atoms with van der Waals surface area (Å²) < 4.78 is 5.82. The Morgan fingerprint density at radius 3 is 2.60 bits per heavy atom. The molecule has 3 aromatic rings. The number of benzene rings is 2. The molecule has 0 spiro atoms. The molecule has 0 aliphatic carbocycles. The number of nitrogens with zero attached hydrogens (tertiary/aromatic N) is 2. The van der Waals surface area contributed by atoms with E-state index in [0.29, 0.717) is 21.2 Å². The Hall–Kier alpha value is -3.41. The van der Waals surface area contributed by atoms with Crippen LogP contribution in [0.2, 0.25) is 0 Å². The SMILES string of the molecule is CC(=Cc1ccccc1)C=C1SC(=S)N(CC(=O)NNC(=O)CSc2nc3ccccc3o2)C1=O. The van der Waals surface area contributed by atoms with Gasteiger partial charge < -0.3 is 4.42 Å². The van der Waals surface area contributed by atoms with Gasteiger partial charge in [-0.3, -0.25) is 30.1 Å². The highest BCUT2D eigenvalue weighted by Crippen LogP contribution is 2.31. The van der Waals surface area contributed by atoms with Crippen LogP contribution in [0.3, 0.4) is 0 Å². The number of hydrogen-bond donors (Lipinski definition) is 2. The van der Waals surface area contributed by atoms with Crippen molar-refractivity contribution in [3.8, 4) is 0 Å². The van der Waals surface area contributed by atoms with E-state index in [1.807, 2.05) is 61.5 Å². The monoisotopic (exact) mass is 524 g/mol. The second-order valence-electron chi connectivity index (χ2n) is 7.40. The minimum atomic E-state index is -0.570. The number of oxazole rings is 1. The van der Waals surface area contributed by atoms with Crippen LogP contribution < -0.4 is 10.9 Å². The third kappa shape index (κ3) is 6.59. The van der Waals surface area contributed by atoms with Gasteiger partial charge >= 0.3 is 0 Å². The number of allylic oxidation sites excluding steroid dienone is 2. The van der Waals surface area contributed by atoms with E-state index < -0.39 is 11.8 Å². The van der Waals surface area contributed by atoms with E-state index in [4.69, 9.17) is 16.6 Å². The lowest BCUT2D eigenvalue weighted by molar-refractivity contribution is -0.131. The number of hydrogen-bond acceptors (Lipinski definition) is 8. The van der Waals surface area contributed by atoms with Crippen molar-refractivity contribution in [3.63, 3.8) is 0 Å². The number of nitrogens with one attached hydrogen (secondary N) is 2. The van der Waals surface area contributed by atoms with Gasteiger partial charge in [0.1, 0.15) is 16.4 Å². The van der Waals surface area contributed by atoms with E-state index in [2.05, 4.69) is 15.8 Å². The van der Waals surface area contributed by atoms with Crippen LogP contribution in [0.1, 0.15) is 12.5 Å². The lowest BCUT2D eigenvalue weighted by atomic mass is 10.1. The molecule has 0 unspecified atom stereocenters. The number of carbonyl (C=O) groups excluding carboxylic acids is 3. The molecule has 11 heteroatoms. The van der Waals surface area contributed by atoms with Gasteiger partial charge in [0.05, 0.1) is 10.7 Å². The van der Waals surface area contributed by atoms with Gasteiger partial charge in [0.25, 0.3) is 17.0 Å². The minimum absolute atomic E-state index is 0.01000. The van der Waals surface area contributed by atoms with Crippen molar-refractivity contribution in [1.29, 1.82) is 0 Å². The quantitative estimate of drug-likeness (QED) is 0.208. The molecule has 0 bridgehead atoms. The van der Waals surface area contributed by atoms with Crippen LogP contribution >= 0.6 is 35.7 Å². The van der Waals surface area contributed by atoms with Gasteiger partial charge in [-0.05, 0) is 36.3 Å². The Balaban J connectivity index is 1.25. The summed E-state index contributed by atoms with van der Waals surface area (Å²) in [6.07, 6.45) is 3.70. The third-order valence-corrected chi connectivity index (χ3v) is 6.88. The third-order valence-electron chi connectivity index (χ3n) is 4.67. The van der Waals surface area contributed by atoms with Gasteiger partial charge in [0.15, 0.2) is 5.58 Å². The predicted octanol–water partition coefficient (Wildman–Crippen LogP) is 3.92. The summed E-state index contributed by atoms with van der Waals surface area (Å²) in [4.78, 5) is 43.0. The number of hydrazine groups is 1. The molecule has 1 aliphatic rings. The molecule has 1 aliphatic heterocycles. The summed E-state index contributed by atoms with van der Waals surface area (Å²) in [6, 6.07) is 17.0. The molecule has 4 rings (SSSR count). The van der Waals surface area contributed by atoms with E-state index in [1.54, 1.807) is 12.1 Å². The molecule has 2 heterocycles. The maximum Gasteiger partial charge on any atom is 0.266 e. The molecular weight excluding hydrogens is 504 g/mol. The van der Waals surface area contributed by atoms with Crippen LogP contribution in [0.25, 0.3) is 17.2 Å². The molecule has 1 fully saturated rings. The molecule has 1 saturated heterocycles. The summed E-state index contributed by atoms with van der Waals surface area (Å²) in [7, 11) is 0. The van der Waals surface area contributed by atoms with Gasteiger partial charge in [-0.2, -0.15) is 0 Å². The number of amides is 3. The summed E-state index contributed by atoms with van der Waals surface area (Å²) in [5.41, 5.74) is 7.85. The van der Waals surface area contributed by atoms with Gasteiger partial charge in [-0.1, -0.05) is 84.3 Å². The maximum absolute atomic E-state index is 12.7. The fourth-order valence-electron chi connectivity index (χ4n) is 3.10. The number of thioether (sulfide) groups is 2. The average molecular weight is 525 g/mol. The van der Waals surface area contributed by atoms with Crippen molar-refractivity contribution in [2.24, 2.45) is 0 Å². The van der Waals surface area contributed by atoms with Gasteiger partial charge in [-0.25, -0.2) is 4.98 Å². The van der Waals surface area contributed by atoms with Crippen LogP contribution in [-0.2, 0) is 14.4 Å². The number of aromatic nitrogens is 1. The second-order valence-corrected chi connectivity index (χ2v) is 10.0. The molecule has 35 heavy (non-hydrogen) atoms. The van der Waals surface area contributed by atoms with Crippen molar-refractivity contribution in [2.75, 3.05) is 12.3 Å². The summed E-state index contributed by atoms with van der Waals surface area (Å²) in [5, 5.41) is 0.355. The van der Waals surface area contributed by atoms with Gasteiger partial charge in [0.2, 0.25) is 5.91 Å². The number of fused-ring (bicyclic) bond motifs is 1. The number of thiocarbonyl (C=S) groups is 1. The van der Waals surface area contributed by atoms with Crippen molar-refractivity contribution in [1.82, 2.24) is 20.7 Å². The fraction of sp³-hybridized carbons (Fsp3) is 0.125. The fourth-order valence-corrected chi connectivity index (χ4v) is 5.04. The Labute approximate surface area is 215 Å². The van der Waals surface area contributed by atoms with E-state index in [9.17, 15) is 14.4 Å². The second kappa shape index (κ2) is 11.3. The van der Waals surface area contributed by atoms with E-state index in [-0.39, 0.29) is 22.5 Å². The largest absolute Gasteiger partial charge is 0.431 e. The summed E-state index contributed by atoms with van der Waals surface area (Å²) >= 11 is 7.51. The highest BCUT2D eigenvalue weighted by molar-refractivity contribution is 8.26. The molecule has 3 amide bonds. The molecule has 2 N–H and O–H groups in total. The van der Waals surface area contributed by atoms with Crippen molar-refractivity contribution >= 4 is 75.0 Å². The van der Waals surface area contributed by atoms with Crippen LogP contribution in [0.15, 0.2) is 80.8 Å². The molecule has 178 valence electrons. The molecular formula is C24H20N4O4S3. The molecule has 0 radical (unpaired) electrons. The van der Waals surface area contributed by atoms with Gasteiger partial charge in [0, 0.05) is 0 Å². The first kappa shape index (κ1) is 24.7. The average Bonchev–Trinajstić information content (AvgIpc) is 3.38. The summed E-state index contributed by atoms with van der Waals surface area (Å²) in [5.74, 6) is -1.38. The number of rotatable bonds is 7. The van der Waals surface area contributed by atoms with Crippen molar-refractivity contribution in [2.45, 2.75) is 12.1 Å². The number of para-hydroxylation sites is 2. The maximum atomic E-state index is 12.7.